The molecule has 0 N–H and O–H groups in total. The van der Waals surface area contributed by atoms with Crippen LogP contribution in [0.1, 0.15) is 24.4 Å². The minimum absolute atomic E-state index is 0.00223. The van der Waals surface area contributed by atoms with E-state index >= 15 is 0 Å². The second kappa shape index (κ2) is 7.53. The van der Waals surface area contributed by atoms with Crippen LogP contribution in [0.5, 0.6) is 0 Å². The first kappa shape index (κ1) is 17.9. The van der Waals surface area contributed by atoms with E-state index in [-0.39, 0.29) is 31.7 Å². The van der Waals surface area contributed by atoms with Crippen molar-refractivity contribution in [2.45, 2.75) is 25.1 Å². The summed E-state index contributed by atoms with van der Waals surface area (Å²) in [5.74, 6) is -2.88. The Labute approximate surface area is 143 Å². The Balaban J connectivity index is 1.74. The highest BCUT2D eigenvalue weighted by Gasteiger charge is 2.41. The zero-order chi connectivity index (χ0) is 18.0. The number of rotatable bonds is 4. The van der Waals surface area contributed by atoms with Crippen molar-refractivity contribution in [1.82, 2.24) is 9.96 Å². The Morgan fingerprint density at radius 3 is 2.60 bits per heavy atom. The fraction of sp³-hybridized carbons (Fsp3) is 0.529. The minimum atomic E-state index is -1.42. The number of amides is 1. The van der Waals surface area contributed by atoms with Gasteiger partial charge in [-0.25, -0.2) is 18.2 Å². The van der Waals surface area contributed by atoms with E-state index in [2.05, 4.69) is 0 Å². The Morgan fingerprint density at radius 1 is 1.24 bits per heavy atom. The average molecular weight is 356 g/mol. The summed E-state index contributed by atoms with van der Waals surface area (Å²) in [4.78, 5) is 30.2. The number of carbonyl (C=O) groups excluding carboxylic acids is 2. The molecule has 1 aromatic carbocycles. The van der Waals surface area contributed by atoms with E-state index in [0.717, 1.165) is 23.3 Å². The molecule has 8 heteroatoms. The number of hydrogen-bond donors (Lipinski definition) is 0. The second-order valence-corrected chi connectivity index (χ2v) is 6.34. The quantitative estimate of drug-likeness (QED) is 0.775. The first-order chi connectivity index (χ1) is 12.0. The molecule has 25 heavy (non-hydrogen) atoms. The standard InChI is InChI=1S/C17H19F3N2O3/c18-12-7-11(8-13(19)9-12)16-2-6-25-22(16)17(24)14-1-3-21(4-5-23)10-15(14)20/h5,7-9,14-16H,1-4,6,10H2/t14-,15+,16+/m1/s1. The van der Waals surface area contributed by atoms with Crippen LogP contribution in [0.25, 0.3) is 0 Å². The van der Waals surface area contributed by atoms with Crippen LogP contribution in [-0.4, -0.2) is 54.6 Å². The van der Waals surface area contributed by atoms with Gasteiger partial charge in [0, 0.05) is 19.0 Å². The fourth-order valence-electron chi connectivity index (χ4n) is 3.44. The van der Waals surface area contributed by atoms with Gasteiger partial charge in [-0.15, -0.1) is 0 Å². The molecule has 2 aliphatic heterocycles. The van der Waals surface area contributed by atoms with Gasteiger partial charge >= 0.3 is 0 Å². The largest absolute Gasteiger partial charge is 0.302 e. The second-order valence-electron chi connectivity index (χ2n) is 6.34. The first-order valence-corrected chi connectivity index (χ1v) is 8.21. The summed E-state index contributed by atoms with van der Waals surface area (Å²) in [6, 6.07) is 2.43. The van der Waals surface area contributed by atoms with Crippen LogP contribution in [-0.2, 0) is 14.4 Å². The molecule has 1 aromatic rings. The number of halogens is 3. The molecule has 0 spiro atoms. The number of hydroxylamine groups is 2. The molecule has 2 fully saturated rings. The van der Waals surface area contributed by atoms with Crippen LogP contribution >= 0.6 is 0 Å². The molecule has 1 amide bonds. The molecule has 0 radical (unpaired) electrons. The lowest BCUT2D eigenvalue weighted by Gasteiger charge is -2.35. The number of benzene rings is 1. The fourth-order valence-corrected chi connectivity index (χ4v) is 3.44. The van der Waals surface area contributed by atoms with Crippen molar-refractivity contribution in [3.63, 3.8) is 0 Å². The van der Waals surface area contributed by atoms with Crippen LogP contribution in [0.3, 0.4) is 0 Å². The number of piperidine rings is 1. The summed E-state index contributed by atoms with van der Waals surface area (Å²) < 4.78 is 41.3. The third-order valence-electron chi connectivity index (χ3n) is 4.67. The maximum atomic E-state index is 14.4. The third-order valence-corrected chi connectivity index (χ3v) is 4.67. The molecule has 5 nitrogen and oxygen atoms in total. The molecule has 2 heterocycles. The number of alkyl halides is 1. The zero-order valence-electron chi connectivity index (χ0n) is 13.5. The highest BCUT2D eigenvalue weighted by molar-refractivity contribution is 5.79. The van der Waals surface area contributed by atoms with Crippen molar-refractivity contribution in [2.24, 2.45) is 5.92 Å². The predicted octanol–water partition coefficient (Wildman–Crippen LogP) is 2.03. The van der Waals surface area contributed by atoms with Gasteiger partial charge in [0.1, 0.15) is 24.1 Å². The van der Waals surface area contributed by atoms with E-state index in [1.54, 1.807) is 4.90 Å². The highest BCUT2D eigenvalue weighted by atomic mass is 19.1. The Hall–Kier alpha value is -1.93. The van der Waals surface area contributed by atoms with E-state index < -0.39 is 35.7 Å². The van der Waals surface area contributed by atoms with Gasteiger partial charge in [-0.2, -0.15) is 0 Å². The number of nitrogens with zero attached hydrogens (tertiary/aromatic N) is 2. The van der Waals surface area contributed by atoms with Gasteiger partial charge in [-0.05, 0) is 30.7 Å². The van der Waals surface area contributed by atoms with Gasteiger partial charge < -0.3 is 4.79 Å². The number of likely N-dealkylation sites (tertiary alicyclic amines) is 1. The molecule has 2 saturated heterocycles. The van der Waals surface area contributed by atoms with E-state index in [1.807, 2.05) is 0 Å². The van der Waals surface area contributed by atoms with Crippen molar-refractivity contribution < 1.29 is 27.6 Å². The van der Waals surface area contributed by atoms with Crippen LogP contribution in [0.15, 0.2) is 18.2 Å². The van der Waals surface area contributed by atoms with E-state index in [0.29, 0.717) is 19.3 Å². The predicted molar refractivity (Wildman–Crippen MR) is 82.0 cm³/mol. The van der Waals surface area contributed by atoms with Crippen molar-refractivity contribution in [1.29, 1.82) is 0 Å². The topological polar surface area (TPSA) is 49.9 Å². The van der Waals surface area contributed by atoms with Crippen LogP contribution in [0, 0.1) is 17.6 Å². The van der Waals surface area contributed by atoms with Gasteiger partial charge in [-0.1, -0.05) is 0 Å². The molecule has 2 aliphatic rings. The molecule has 0 bridgehead atoms. The van der Waals surface area contributed by atoms with Gasteiger partial charge in [0.05, 0.1) is 25.1 Å². The molecular formula is C17H19F3N2O3. The Morgan fingerprint density at radius 2 is 1.96 bits per heavy atom. The third kappa shape index (κ3) is 3.85. The highest BCUT2D eigenvalue weighted by Crippen LogP contribution is 2.34. The minimum Gasteiger partial charge on any atom is -0.302 e. The van der Waals surface area contributed by atoms with Crippen LogP contribution < -0.4 is 0 Å². The molecule has 3 atom stereocenters. The van der Waals surface area contributed by atoms with E-state index in [4.69, 9.17) is 4.84 Å². The van der Waals surface area contributed by atoms with Gasteiger partial charge in [-0.3, -0.25) is 14.5 Å². The van der Waals surface area contributed by atoms with Crippen molar-refractivity contribution in [3.8, 4) is 0 Å². The lowest BCUT2D eigenvalue weighted by Crippen LogP contribution is -2.48. The maximum Gasteiger partial charge on any atom is 0.252 e. The Kier molecular flexibility index (Phi) is 5.39. The lowest BCUT2D eigenvalue weighted by atomic mass is 9.93. The number of aldehydes is 1. The summed E-state index contributed by atoms with van der Waals surface area (Å²) in [5.41, 5.74) is 0.289. The average Bonchev–Trinajstić information content (AvgIpc) is 3.03. The Bertz CT molecular complexity index is 638. The van der Waals surface area contributed by atoms with E-state index in [9.17, 15) is 22.8 Å². The number of hydrogen-bond acceptors (Lipinski definition) is 4. The number of carbonyl (C=O) groups is 2. The smallest absolute Gasteiger partial charge is 0.252 e. The van der Waals surface area contributed by atoms with Crippen LogP contribution in [0.4, 0.5) is 13.2 Å². The molecule has 0 aliphatic carbocycles. The summed E-state index contributed by atoms with van der Waals surface area (Å²) in [6.45, 7) is 0.785. The molecule has 0 aromatic heterocycles. The molecule has 3 rings (SSSR count). The van der Waals surface area contributed by atoms with Crippen molar-refractivity contribution >= 4 is 12.2 Å². The van der Waals surface area contributed by atoms with Gasteiger partial charge in [0.2, 0.25) is 0 Å². The normalized spacial score (nSPS) is 27.5. The summed E-state index contributed by atoms with van der Waals surface area (Å²) in [6.07, 6.45) is -0.0733. The summed E-state index contributed by atoms with van der Waals surface area (Å²) >= 11 is 0. The molecular weight excluding hydrogens is 337 g/mol. The van der Waals surface area contributed by atoms with Crippen molar-refractivity contribution in [2.75, 3.05) is 26.2 Å². The zero-order valence-corrected chi connectivity index (χ0v) is 13.5. The monoisotopic (exact) mass is 356 g/mol. The molecule has 136 valence electrons. The lowest BCUT2D eigenvalue weighted by molar-refractivity contribution is -0.185. The summed E-state index contributed by atoms with van der Waals surface area (Å²) in [5, 5.41) is 1.06. The van der Waals surface area contributed by atoms with Gasteiger partial charge in [0.15, 0.2) is 0 Å². The van der Waals surface area contributed by atoms with Crippen LogP contribution in [0.2, 0.25) is 0 Å². The van der Waals surface area contributed by atoms with Crippen molar-refractivity contribution in [3.05, 3.63) is 35.4 Å². The summed E-state index contributed by atoms with van der Waals surface area (Å²) in [7, 11) is 0. The molecule has 0 unspecified atom stereocenters. The SMILES string of the molecule is O=CCN1CC[C@@H](C(=O)N2OCC[C@H]2c2cc(F)cc(F)c2)[C@@H](F)C1. The van der Waals surface area contributed by atoms with E-state index in [1.165, 1.54) is 0 Å². The first-order valence-electron chi connectivity index (χ1n) is 8.21. The molecule has 0 saturated carbocycles. The van der Waals surface area contributed by atoms with Gasteiger partial charge in [0.25, 0.3) is 5.91 Å². The maximum absolute atomic E-state index is 14.4.